The van der Waals surface area contributed by atoms with Crippen molar-refractivity contribution in [1.82, 2.24) is 0 Å². The lowest BCUT2D eigenvalue weighted by molar-refractivity contribution is -0.118. The Morgan fingerprint density at radius 2 is 1.59 bits per heavy atom. The van der Waals surface area contributed by atoms with E-state index in [9.17, 15) is 23.7 Å². The van der Waals surface area contributed by atoms with Crippen molar-refractivity contribution in [3.05, 3.63) is 71.4 Å². The molecule has 0 spiro atoms. The van der Waals surface area contributed by atoms with E-state index in [4.69, 9.17) is 5.14 Å². The molecule has 3 N–H and O–H groups in total. The SMILES string of the molecule is CC1(C)CC(=O)C(C(c2ccccc2)C(C#N)C#N)=C(Nc2ccc(S(N)(=O)=O)cc2)C1. The number of nitriles is 2. The molecular formula is C24H24N4O3S. The molecule has 3 rings (SSSR count). The fourth-order valence-corrected chi connectivity index (χ4v) is 4.59. The monoisotopic (exact) mass is 448 g/mol. The van der Waals surface area contributed by atoms with Crippen LogP contribution < -0.4 is 10.5 Å². The normalized spacial score (nSPS) is 16.9. The average molecular weight is 449 g/mol. The summed E-state index contributed by atoms with van der Waals surface area (Å²) >= 11 is 0. The minimum atomic E-state index is -3.82. The lowest BCUT2D eigenvalue weighted by Gasteiger charge is -2.36. The molecule has 32 heavy (non-hydrogen) atoms. The van der Waals surface area contributed by atoms with Gasteiger partial charge in [0.1, 0.15) is 5.92 Å². The predicted molar refractivity (Wildman–Crippen MR) is 120 cm³/mol. The largest absolute Gasteiger partial charge is 0.359 e. The van der Waals surface area contributed by atoms with Crippen molar-refractivity contribution in [1.29, 1.82) is 10.5 Å². The zero-order valence-electron chi connectivity index (χ0n) is 17.9. The standard InChI is InChI=1S/C24H24N4O3S/c1-24(2)12-20(28-18-8-10-19(11-9-18)32(27,30)31)23(21(29)13-24)22(17(14-25)15-26)16-6-4-3-5-7-16/h3-11,17,22,28H,12-13H2,1-2H3,(H2,27,30,31). The molecule has 0 amide bonds. The Morgan fingerprint density at radius 1 is 1.00 bits per heavy atom. The third-order valence-corrected chi connectivity index (χ3v) is 6.41. The van der Waals surface area contributed by atoms with E-state index < -0.39 is 21.9 Å². The number of anilines is 1. The van der Waals surface area contributed by atoms with Crippen LogP contribution in [0, 0.1) is 34.0 Å². The summed E-state index contributed by atoms with van der Waals surface area (Å²) in [4.78, 5) is 13.3. The molecule has 7 nitrogen and oxygen atoms in total. The van der Waals surface area contributed by atoms with Gasteiger partial charge >= 0.3 is 0 Å². The van der Waals surface area contributed by atoms with Gasteiger partial charge in [0.2, 0.25) is 10.0 Å². The molecule has 0 bridgehead atoms. The van der Waals surface area contributed by atoms with Crippen LogP contribution in [-0.4, -0.2) is 14.2 Å². The quantitative estimate of drug-likeness (QED) is 0.689. The number of hydrogen-bond donors (Lipinski definition) is 2. The first-order chi connectivity index (χ1) is 15.1. The molecule has 0 aromatic heterocycles. The summed E-state index contributed by atoms with van der Waals surface area (Å²) in [5.74, 6) is -1.87. The Kier molecular flexibility index (Phi) is 6.50. The second-order valence-electron chi connectivity index (χ2n) is 8.65. The van der Waals surface area contributed by atoms with Crippen LogP contribution in [0.3, 0.4) is 0 Å². The molecule has 1 atom stereocenters. The van der Waals surface area contributed by atoms with E-state index in [0.717, 1.165) is 0 Å². The Bertz CT molecular complexity index is 1220. The van der Waals surface area contributed by atoms with Crippen molar-refractivity contribution < 1.29 is 13.2 Å². The van der Waals surface area contributed by atoms with Crippen molar-refractivity contribution in [2.24, 2.45) is 16.5 Å². The summed E-state index contributed by atoms with van der Waals surface area (Å²) in [5, 5.41) is 27.8. The van der Waals surface area contributed by atoms with Crippen LogP contribution in [0.2, 0.25) is 0 Å². The average Bonchev–Trinajstić information content (AvgIpc) is 2.72. The van der Waals surface area contributed by atoms with E-state index in [2.05, 4.69) is 5.32 Å². The van der Waals surface area contributed by atoms with Crippen LogP contribution in [0.15, 0.2) is 70.8 Å². The van der Waals surface area contributed by atoms with Crippen LogP contribution in [0.4, 0.5) is 5.69 Å². The van der Waals surface area contributed by atoms with Crippen LogP contribution in [0.25, 0.3) is 0 Å². The number of nitrogens with two attached hydrogens (primary N) is 1. The number of primary sulfonamides is 1. The molecule has 164 valence electrons. The van der Waals surface area contributed by atoms with Crippen LogP contribution in [-0.2, 0) is 14.8 Å². The zero-order valence-corrected chi connectivity index (χ0v) is 18.7. The maximum Gasteiger partial charge on any atom is 0.238 e. The maximum absolute atomic E-state index is 13.3. The lowest BCUT2D eigenvalue weighted by atomic mass is 9.69. The molecule has 0 aliphatic heterocycles. The summed E-state index contributed by atoms with van der Waals surface area (Å²) in [6.45, 7) is 3.97. The lowest BCUT2D eigenvalue weighted by Crippen LogP contribution is -2.32. The third kappa shape index (κ3) is 5.05. The van der Waals surface area contributed by atoms with Crippen LogP contribution in [0.5, 0.6) is 0 Å². The smallest absolute Gasteiger partial charge is 0.238 e. The van der Waals surface area contributed by atoms with E-state index >= 15 is 0 Å². The molecule has 2 aromatic rings. The zero-order chi connectivity index (χ0) is 23.5. The minimum Gasteiger partial charge on any atom is -0.359 e. The summed E-state index contributed by atoms with van der Waals surface area (Å²) < 4.78 is 23.1. The number of rotatable bonds is 6. The highest BCUT2D eigenvalue weighted by Gasteiger charge is 2.40. The Morgan fingerprint density at radius 3 is 2.12 bits per heavy atom. The first-order valence-corrected chi connectivity index (χ1v) is 11.6. The van der Waals surface area contributed by atoms with Gasteiger partial charge in [-0.05, 0) is 41.7 Å². The first-order valence-electron chi connectivity index (χ1n) is 10.1. The molecule has 0 saturated carbocycles. The third-order valence-electron chi connectivity index (χ3n) is 5.48. The number of ketones is 1. The molecule has 0 fully saturated rings. The highest BCUT2D eigenvalue weighted by atomic mass is 32.2. The topological polar surface area (TPSA) is 137 Å². The Balaban J connectivity index is 2.15. The van der Waals surface area contributed by atoms with Crippen molar-refractivity contribution in [3.8, 4) is 12.1 Å². The second-order valence-corrected chi connectivity index (χ2v) is 10.2. The summed E-state index contributed by atoms with van der Waals surface area (Å²) in [6.07, 6.45) is 0.822. The number of hydrogen-bond acceptors (Lipinski definition) is 6. The van der Waals surface area contributed by atoms with E-state index in [1.807, 2.05) is 56.3 Å². The fraction of sp³-hybridized carbons (Fsp3) is 0.292. The molecule has 0 heterocycles. The van der Waals surface area contributed by atoms with E-state index in [1.165, 1.54) is 12.1 Å². The fourth-order valence-electron chi connectivity index (χ4n) is 4.07. The van der Waals surface area contributed by atoms with Gasteiger partial charge in [-0.1, -0.05) is 44.2 Å². The molecule has 1 aliphatic carbocycles. The highest BCUT2D eigenvalue weighted by molar-refractivity contribution is 7.89. The van der Waals surface area contributed by atoms with E-state index in [0.29, 0.717) is 35.4 Å². The van der Waals surface area contributed by atoms with Gasteiger partial charge in [0.25, 0.3) is 0 Å². The van der Waals surface area contributed by atoms with Gasteiger partial charge in [-0.25, -0.2) is 13.6 Å². The number of carbonyl (C=O) groups excluding carboxylic acids is 1. The maximum atomic E-state index is 13.3. The molecule has 8 heteroatoms. The summed E-state index contributed by atoms with van der Waals surface area (Å²) in [6, 6.07) is 19.1. The minimum absolute atomic E-state index is 0.0199. The predicted octanol–water partition coefficient (Wildman–Crippen LogP) is 3.84. The molecule has 1 aliphatic rings. The van der Waals surface area contributed by atoms with Crippen molar-refractivity contribution in [3.63, 3.8) is 0 Å². The number of sulfonamides is 1. The van der Waals surface area contributed by atoms with Gasteiger partial charge in [0.15, 0.2) is 5.78 Å². The number of allylic oxidation sites excluding steroid dienone is 2. The first kappa shape index (κ1) is 23.2. The summed E-state index contributed by atoms with van der Waals surface area (Å²) in [5.41, 5.74) is 2.01. The van der Waals surface area contributed by atoms with Gasteiger partial charge in [0.05, 0.1) is 17.0 Å². The molecule has 1 unspecified atom stereocenters. The van der Waals surface area contributed by atoms with E-state index in [1.54, 1.807) is 12.1 Å². The molecule has 0 saturated heterocycles. The van der Waals surface area contributed by atoms with Gasteiger partial charge in [0, 0.05) is 29.3 Å². The number of benzene rings is 2. The van der Waals surface area contributed by atoms with Crippen LogP contribution >= 0.6 is 0 Å². The number of nitrogens with one attached hydrogen (secondary N) is 1. The Labute approximate surface area is 188 Å². The number of nitrogens with zero attached hydrogens (tertiary/aromatic N) is 2. The highest BCUT2D eigenvalue weighted by Crippen LogP contribution is 2.44. The number of Topliss-reactive ketones (excluding diaryl/α,β-unsaturated/α-hetero) is 1. The molecular weight excluding hydrogens is 424 g/mol. The van der Waals surface area contributed by atoms with Crippen LogP contribution in [0.1, 0.15) is 38.2 Å². The Hall–Kier alpha value is -3.46. The second kappa shape index (κ2) is 8.96. The van der Waals surface area contributed by atoms with Gasteiger partial charge in [-0.3, -0.25) is 4.79 Å². The van der Waals surface area contributed by atoms with Gasteiger partial charge in [-0.2, -0.15) is 10.5 Å². The van der Waals surface area contributed by atoms with Crippen molar-refractivity contribution in [2.45, 2.75) is 37.5 Å². The molecule has 2 aromatic carbocycles. The van der Waals surface area contributed by atoms with Gasteiger partial charge < -0.3 is 5.32 Å². The van der Waals surface area contributed by atoms with E-state index in [-0.39, 0.29) is 16.1 Å². The molecule has 0 radical (unpaired) electrons. The summed E-state index contributed by atoms with van der Waals surface area (Å²) in [7, 11) is -3.82. The van der Waals surface area contributed by atoms with Crippen molar-refractivity contribution >= 4 is 21.5 Å². The van der Waals surface area contributed by atoms with Gasteiger partial charge in [-0.15, -0.1) is 0 Å². The number of carbonyl (C=O) groups is 1. The van der Waals surface area contributed by atoms with Crippen molar-refractivity contribution in [2.75, 3.05) is 5.32 Å².